The van der Waals surface area contributed by atoms with Gasteiger partial charge in [0.25, 0.3) is 0 Å². The molecule has 2 bridgehead atoms. The predicted molar refractivity (Wildman–Crippen MR) is 73.7 cm³/mol. The van der Waals surface area contributed by atoms with Crippen LogP contribution in [0.15, 0.2) is 42.5 Å². The Morgan fingerprint density at radius 3 is 2.56 bits per heavy atom. The Bertz CT molecular complexity index is 658. The van der Waals surface area contributed by atoms with E-state index >= 15 is 0 Å². The third-order valence-electron chi connectivity index (χ3n) is 4.90. The fourth-order valence-corrected chi connectivity index (χ4v) is 3.90. The molecule has 1 nitrogen and oxygen atoms in total. The summed E-state index contributed by atoms with van der Waals surface area (Å²) in [6.45, 7) is 4.54. The molecule has 0 aromatic heterocycles. The highest BCUT2D eigenvalue weighted by Crippen LogP contribution is 2.58. The molecule has 2 atom stereocenters. The van der Waals surface area contributed by atoms with E-state index in [0.29, 0.717) is 6.04 Å². The number of hydrogen-bond acceptors (Lipinski definition) is 1. The van der Waals surface area contributed by atoms with Crippen molar-refractivity contribution in [3.8, 4) is 0 Å². The van der Waals surface area contributed by atoms with Gasteiger partial charge < -0.3 is 0 Å². The fourth-order valence-electron chi connectivity index (χ4n) is 3.90. The lowest BCUT2D eigenvalue weighted by Crippen LogP contribution is -2.32. The van der Waals surface area contributed by atoms with Crippen LogP contribution < -0.4 is 0 Å². The molecule has 90 valence electrons. The topological polar surface area (TPSA) is 3.24 Å². The molecule has 1 heteroatoms. The van der Waals surface area contributed by atoms with Gasteiger partial charge in [0.15, 0.2) is 0 Å². The molecule has 0 saturated heterocycles. The van der Waals surface area contributed by atoms with E-state index in [9.17, 15) is 0 Å². The van der Waals surface area contributed by atoms with Crippen molar-refractivity contribution in [2.45, 2.75) is 25.4 Å². The maximum atomic E-state index is 2.52. The summed E-state index contributed by atoms with van der Waals surface area (Å²) in [5.41, 5.74) is 7.37. The zero-order valence-corrected chi connectivity index (χ0v) is 11.1. The maximum Gasteiger partial charge on any atom is 0.0698 e. The molecule has 2 aromatic rings. The van der Waals surface area contributed by atoms with Crippen molar-refractivity contribution < 1.29 is 0 Å². The van der Waals surface area contributed by atoms with Crippen LogP contribution in [0.2, 0.25) is 0 Å². The van der Waals surface area contributed by atoms with Crippen molar-refractivity contribution in [2.75, 3.05) is 7.05 Å². The van der Waals surface area contributed by atoms with Gasteiger partial charge >= 0.3 is 0 Å². The SMILES string of the molecule is Cc1ccc2c(c1)C1c3ccccc3C2(C)N1C. The number of benzene rings is 2. The monoisotopic (exact) mass is 235 g/mol. The van der Waals surface area contributed by atoms with Gasteiger partial charge in [0.2, 0.25) is 0 Å². The molecule has 2 aromatic carbocycles. The molecule has 0 radical (unpaired) electrons. The average Bonchev–Trinajstić information content (AvgIpc) is 2.72. The zero-order valence-electron chi connectivity index (χ0n) is 11.1. The molecule has 0 fully saturated rings. The molecule has 2 heterocycles. The summed E-state index contributed by atoms with van der Waals surface area (Å²) in [5.74, 6) is 0. The summed E-state index contributed by atoms with van der Waals surface area (Å²) in [7, 11) is 2.25. The molecular formula is C17H17N. The minimum absolute atomic E-state index is 0.0598. The summed E-state index contributed by atoms with van der Waals surface area (Å²) < 4.78 is 0. The van der Waals surface area contributed by atoms with Gasteiger partial charge in [-0.2, -0.15) is 0 Å². The summed E-state index contributed by atoms with van der Waals surface area (Å²) in [6.07, 6.45) is 0. The molecule has 0 aliphatic carbocycles. The van der Waals surface area contributed by atoms with E-state index in [2.05, 4.69) is 68.3 Å². The van der Waals surface area contributed by atoms with Gasteiger partial charge in [-0.1, -0.05) is 48.0 Å². The standard InChI is InChI=1S/C17H17N/c1-11-8-9-15-13(10-11)16-12-6-4-5-7-14(12)17(15,2)18(16)3/h4-10,16H,1-3H3. The zero-order chi connectivity index (χ0) is 12.5. The van der Waals surface area contributed by atoms with Crippen LogP contribution in [-0.2, 0) is 5.54 Å². The van der Waals surface area contributed by atoms with Crippen molar-refractivity contribution in [1.82, 2.24) is 4.90 Å². The van der Waals surface area contributed by atoms with E-state index in [1.807, 2.05) is 0 Å². The number of rotatable bonds is 0. The largest absolute Gasteiger partial charge is 0.282 e. The van der Waals surface area contributed by atoms with E-state index in [1.54, 1.807) is 0 Å². The van der Waals surface area contributed by atoms with E-state index in [-0.39, 0.29) is 5.54 Å². The first-order valence-electron chi connectivity index (χ1n) is 6.57. The Morgan fingerprint density at radius 1 is 1.00 bits per heavy atom. The lowest BCUT2D eigenvalue weighted by Gasteiger charge is -2.30. The highest BCUT2D eigenvalue weighted by Gasteiger charge is 2.53. The van der Waals surface area contributed by atoms with Crippen molar-refractivity contribution in [2.24, 2.45) is 0 Å². The molecule has 2 aliphatic rings. The molecular weight excluding hydrogens is 218 g/mol. The molecule has 2 aliphatic heterocycles. The molecule has 0 amide bonds. The Balaban J connectivity index is 2.09. The normalized spacial score (nSPS) is 28.3. The van der Waals surface area contributed by atoms with Crippen LogP contribution in [0.1, 0.15) is 40.8 Å². The average molecular weight is 235 g/mol. The minimum Gasteiger partial charge on any atom is -0.282 e. The predicted octanol–water partition coefficient (Wildman–Crippen LogP) is 3.61. The van der Waals surface area contributed by atoms with Gasteiger partial charge in [-0.15, -0.1) is 0 Å². The van der Waals surface area contributed by atoms with Crippen LogP contribution in [0.3, 0.4) is 0 Å². The first kappa shape index (κ1) is 10.3. The van der Waals surface area contributed by atoms with Gasteiger partial charge in [0.05, 0.1) is 11.6 Å². The van der Waals surface area contributed by atoms with E-state index in [1.165, 1.54) is 27.8 Å². The fraction of sp³-hybridized carbons (Fsp3) is 0.294. The van der Waals surface area contributed by atoms with Crippen LogP contribution in [0.4, 0.5) is 0 Å². The second kappa shape index (κ2) is 3.04. The van der Waals surface area contributed by atoms with E-state index in [4.69, 9.17) is 0 Å². The lowest BCUT2D eigenvalue weighted by molar-refractivity contribution is 0.204. The molecule has 18 heavy (non-hydrogen) atoms. The second-order valence-corrected chi connectivity index (χ2v) is 5.76. The molecule has 0 N–H and O–H groups in total. The van der Waals surface area contributed by atoms with Crippen LogP contribution in [0, 0.1) is 6.92 Å². The summed E-state index contributed by atoms with van der Waals surface area (Å²) >= 11 is 0. The summed E-state index contributed by atoms with van der Waals surface area (Å²) in [6, 6.07) is 16.2. The first-order valence-corrected chi connectivity index (χ1v) is 6.57. The third-order valence-corrected chi connectivity index (χ3v) is 4.90. The van der Waals surface area contributed by atoms with Crippen molar-refractivity contribution in [3.63, 3.8) is 0 Å². The van der Waals surface area contributed by atoms with Crippen molar-refractivity contribution in [1.29, 1.82) is 0 Å². The highest BCUT2D eigenvalue weighted by atomic mass is 15.2. The van der Waals surface area contributed by atoms with Gasteiger partial charge in [0.1, 0.15) is 0 Å². The van der Waals surface area contributed by atoms with Crippen LogP contribution >= 0.6 is 0 Å². The van der Waals surface area contributed by atoms with E-state index in [0.717, 1.165) is 0 Å². The third kappa shape index (κ3) is 0.942. The van der Waals surface area contributed by atoms with Gasteiger partial charge in [-0.05, 0) is 43.1 Å². The smallest absolute Gasteiger partial charge is 0.0698 e. The Morgan fingerprint density at radius 2 is 1.72 bits per heavy atom. The van der Waals surface area contributed by atoms with Gasteiger partial charge in [-0.3, -0.25) is 4.90 Å². The lowest BCUT2D eigenvalue weighted by atomic mass is 9.78. The number of fused-ring (bicyclic) bond motifs is 8. The second-order valence-electron chi connectivity index (χ2n) is 5.76. The molecule has 0 spiro atoms. The van der Waals surface area contributed by atoms with Gasteiger partial charge in [0, 0.05) is 0 Å². The summed E-state index contributed by atoms with van der Waals surface area (Å²) in [5, 5.41) is 0. The van der Waals surface area contributed by atoms with Crippen LogP contribution in [-0.4, -0.2) is 11.9 Å². The molecule has 0 saturated carbocycles. The quantitative estimate of drug-likeness (QED) is 0.674. The Kier molecular flexibility index (Phi) is 1.75. The Labute approximate surface area is 108 Å². The Hall–Kier alpha value is -1.60. The van der Waals surface area contributed by atoms with E-state index < -0.39 is 0 Å². The molecule has 4 rings (SSSR count). The van der Waals surface area contributed by atoms with Gasteiger partial charge in [-0.25, -0.2) is 0 Å². The van der Waals surface area contributed by atoms with Crippen molar-refractivity contribution in [3.05, 3.63) is 70.3 Å². The summed E-state index contributed by atoms with van der Waals surface area (Å²) in [4.78, 5) is 2.52. The maximum absolute atomic E-state index is 2.52. The highest BCUT2D eigenvalue weighted by molar-refractivity contribution is 5.61. The van der Waals surface area contributed by atoms with Crippen LogP contribution in [0.5, 0.6) is 0 Å². The molecule has 2 unspecified atom stereocenters. The van der Waals surface area contributed by atoms with Crippen molar-refractivity contribution >= 4 is 0 Å². The van der Waals surface area contributed by atoms with Crippen LogP contribution in [0.25, 0.3) is 0 Å². The number of aryl methyl sites for hydroxylation is 1. The minimum atomic E-state index is 0.0598. The first-order chi connectivity index (χ1) is 8.64. The number of nitrogens with zero attached hydrogens (tertiary/aromatic N) is 1. The number of hydrogen-bond donors (Lipinski definition) is 0.